The van der Waals surface area contributed by atoms with E-state index in [1.54, 1.807) is 0 Å². The summed E-state index contributed by atoms with van der Waals surface area (Å²) < 4.78 is 12.6. The lowest BCUT2D eigenvalue weighted by molar-refractivity contribution is -0.143. The molecule has 1 aromatic carbocycles. The maximum atomic E-state index is 11.5. The van der Waals surface area contributed by atoms with Crippen molar-refractivity contribution in [2.45, 2.75) is 26.8 Å². The average molecular weight is 261 g/mol. The predicted molar refractivity (Wildman–Crippen MR) is 74.4 cm³/mol. The van der Waals surface area contributed by atoms with Crippen molar-refractivity contribution in [1.82, 2.24) is 4.57 Å². The van der Waals surface area contributed by atoms with Crippen LogP contribution < -0.4 is 4.74 Å². The second kappa shape index (κ2) is 6.27. The Kier molecular flexibility index (Phi) is 4.44. The zero-order chi connectivity index (χ0) is 13.7. The Morgan fingerprint density at radius 3 is 2.84 bits per heavy atom. The quantitative estimate of drug-likeness (QED) is 0.750. The van der Waals surface area contributed by atoms with Crippen LogP contribution in [0.5, 0.6) is 5.75 Å². The summed E-state index contributed by atoms with van der Waals surface area (Å²) in [5.74, 6) is 0.641. The number of rotatable bonds is 6. The molecule has 0 bridgehead atoms. The third-order valence-electron chi connectivity index (χ3n) is 2.84. The van der Waals surface area contributed by atoms with E-state index in [4.69, 9.17) is 9.47 Å². The van der Waals surface area contributed by atoms with Crippen LogP contribution in [-0.2, 0) is 16.1 Å². The second-order valence-corrected chi connectivity index (χ2v) is 4.29. The van der Waals surface area contributed by atoms with E-state index in [2.05, 4.69) is 6.92 Å². The summed E-state index contributed by atoms with van der Waals surface area (Å²) in [7, 11) is 0. The SMILES string of the molecule is CCCOc1cccc2c1ccn2CC(=O)OCC. The molecule has 0 aliphatic heterocycles. The fourth-order valence-corrected chi connectivity index (χ4v) is 2.02. The van der Waals surface area contributed by atoms with Crippen molar-refractivity contribution in [2.24, 2.45) is 0 Å². The standard InChI is InChI=1S/C15H19NO3/c1-3-10-19-14-7-5-6-13-12(14)8-9-16(13)11-15(17)18-4-2/h5-9H,3-4,10-11H2,1-2H3. The molecule has 4 nitrogen and oxygen atoms in total. The van der Waals surface area contributed by atoms with E-state index in [0.29, 0.717) is 13.2 Å². The topological polar surface area (TPSA) is 40.5 Å². The van der Waals surface area contributed by atoms with Crippen LogP contribution >= 0.6 is 0 Å². The summed E-state index contributed by atoms with van der Waals surface area (Å²) in [5, 5.41) is 1.03. The summed E-state index contributed by atoms with van der Waals surface area (Å²) in [5.41, 5.74) is 0.988. The van der Waals surface area contributed by atoms with Gasteiger partial charge < -0.3 is 14.0 Å². The largest absolute Gasteiger partial charge is 0.493 e. The molecule has 2 aromatic rings. The van der Waals surface area contributed by atoms with Crippen LogP contribution in [0.4, 0.5) is 0 Å². The molecule has 1 heterocycles. The molecule has 0 radical (unpaired) electrons. The molecular formula is C15H19NO3. The zero-order valence-corrected chi connectivity index (χ0v) is 11.4. The Morgan fingerprint density at radius 2 is 2.11 bits per heavy atom. The minimum atomic E-state index is -0.222. The third-order valence-corrected chi connectivity index (χ3v) is 2.84. The Labute approximate surface area is 112 Å². The van der Waals surface area contributed by atoms with E-state index < -0.39 is 0 Å². The molecule has 0 amide bonds. The minimum absolute atomic E-state index is 0.222. The third kappa shape index (κ3) is 3.08. The van der Waals surface area contributed by atoms with Gasteiger partial charge in [0.2, 0.25) is 0 Å². The van der Waals surface area contributed by atoms with Gasteiger partial charge in [-0.05, 0) is 31.5 Å². The molecule has 0 saturated heterocycles. The van der Waals surface area contributed by atoms with Gasteiger partial charge in [-0.15, -0.1) is 0 Å². The first-order valence-electron chi connectivity index (χ1n) is 6.62. The molecule has 0 fully saturated rings. The number of fused-ring (bicyclic) bond motifs is 1. The monoisotopic (exact) mass is 261 g/mol. The molecular weight excluding hydrogens is 242 g/mol. The first-order chi connectivity index (χ1) is 9.26. The van der Waals surface area contributed by atoms with Crippen LogP contribution in [0.2, 0.25) is 0 Å². The van der Waals surface area contributed by atoms with Crippen LogP contribution in [-0.4, -0.2) is 23.8 Å². The van der Waals surface area contributed by atoms with Crippen LogP contribution in [0.3, 0.4) is 0 Å². The maximum absolute atomic E-state index is 11.5. The second-order valence-electron chi connectivity index (χ2n) is 4.29. The van der Waals surface area contributed by atoms with Crippen LogP contribution in [0.15, 0.2) is 30.5 Å². The lowest BCUT2D eigenvalue weighted by Gasteiger charge is -2.08. The van der Waals surface area contributed by atoms with Crippen molar-refractivity contribution < 1.29 is 14.3 Å². The van der Waals surface area contributed by atoms with Crippen molar-refractivity contribution in [2.75, 3.05) is 13.2 Å². The Balaban J connectivity index is 2.25. The number of carbonyl (C=O) groups excluding carboxylic acids is 1. The van der Waals surface area contributed by atoms with Gasteiger partial charge in [-0.2, -0.15) is 0 Å². The number of esters is 1. The zero-order valence-electron chi connectivity index (χ0n) is 11.4. The van der Waals surface area contributed by atoms with Crippen molar-refractivity contribution >= 4 is 16.9 Å². The molecule has 0 atom stereocenters. The molecule has 4 heteroatoms. The molecule has 0 N–H and O–H groups in total. The fourth-order valence-electron chi connectivity index (χ4n) is 2.02. The summed E-state index contributed by atoms with van der Waals surface area (Å²) >= 11 is 0. The first kappa shape index (κ1) is 13.5. The Hall–Kier alpha value is -1.97. The van der Waals surface area contributed by atoms with E-state index >= 15 is 0 Å². The molecule has 2 rings (SSSR count). The maximum Gasteiger partial charge on any atom is 0.325 e. The van der Waals surface area contributed by atoms with Crippen molar-refractivity contribution in [1.29, 1.82) is 0 Å². The van der Waals surface area contributed by atoms with Crippen molar-refractivity contribution in [3.05, 3.63) is 30.5 Å². The van der Waals surface area contributed by atoms with Gasteiger partial charge in [0.15, 0.2) is 0 Å². The molecule has 0 aliphatic carbocycles. The highest BCUT2D eigenvalue weighted by atomic mass is 16.5. The van der Waals surface area contributed by atoms with E-state index in [1.165, 1.54) is 0 Å². The fraction of sp³-hybridized carbons (Fsp3) is 0.400. The normalized spacial score (nSPS) is 10.6. The lowest BCUT2D eigenvalue weighted by atomic mass is 10.2. The number of aromatic nitrogens is 1. The van der Waals surface area contributed by atoms with E-state index in [0.717, 1.165) is 23.1 Å². The molecule has 0 spiro atoms. The van der Waals surface area contributed by atoms with Crippen molar-refractivity contribution in [3.8, 4) is 5.75 Å². The van der Waals surface area contributed by atoms with Crippen LogP contribution in [0, 0.1) is 0 Å². The molecule has 102 valence electrons. The molecule has 0 unspecified atom stereocenters. The van der Waals surface area contributed by atoms with Gasteiger partial charge in [0.05, 0.1) is 18.7 Å². The van der Waals surface area contributed by atoms with Gasteiger partial charge in [0, 0.05) is 11.6 Å². The van der Waals surface area contributed by atoms with Crippen molar-refractivity contribution in [3.63, 3.8) is 0 Å². The van der Waals surface area contributed by atoms with Gasteiger partial charge >= 0.3 is 5.97 Å². The van der Waals surface area contributed by atoms with Crippen LogP contribution in [0.1, 0.15) is 20.3 Å². The number of ether oxygens (including phenoxy) is 2. The van der Waals surface area contributed by atoms with Gasteiger partial charge in [-0.3, -0.25) is 4.79 Å². The van der Waals surface area contributed by atoms with E-state index in [9.17, 15) is 4.79 Å². The van der Waals surface area contributed by atoms with E-state index in [-0.39, 0.29) is 12.5 Å². The summed E-state index contributed by atoms with van der Waals surface area (Å²) in [4.78, 5) is 11.5. The summed E-state index contributed by atoms with van der Waals surface area (Å²) in [6, 6.07) is 7.84. The summed E-state index contributed by atoms with van der Waals surface area (Å²) in [6.45, 7) is 5.22. The summed E-state index contributed by atoms with van der Waals surface area (Å²) in [6.07, 6.45) is 2.86. The Morgan fingerprint density at radius 1 is 1.26 bits per heavy atom. The minimum Gasteiger partial charge on any atom is -0.493 e. The predicted octanol–water partition coefficient (Wildman–Crippen LogP) is 2.99. The van der Waals surface area contributed by atoms with Gasteiger partial charge in [0.1, 0.15) is 12.3 Å². The molecule has 0 aliphatic rings. The molecule has 1 aromatic heterocycles. The van der Waals surface area contributed by atoms with E-state index in [1.807, 2.05) is 42.0 Å². The van der Waals surface area contributed by atoms with Gasteiger partial charge in [-0.25, -0.2) is 0 Å². The van der Waals surface area contributed by atoms with Gasteiger partial charge in [-0.1, -0.05) is 13.0 Å². The van der Waals surface area contributed by atoms with Gasteiger partial charge in [0.25, 0.3) is 0 Å². The highest BCUT2D eigenvalue weighted by Crippen LogP contribution is 2.26. The lowest BCUT2D eigenvalue weighted by Crippen LogP contribution is -2.12. The number of hydrogen-bond acceptors (Lipinski definition) is 3. The highest BCUT2D eigenvalue weighted by Gasteiger charge is 2.09. The number of hydrogen-bond donors (Lipinski definition) is 0. The molecule has 19 heavy (non-hydrogen) atoms. The van der Waals surface area contributed by atoms with Crippen LogP contribution in [0.25, 0.3) is 10.9 Å². The Bertz CT molecular complexity index is 560. The number of carbonyl (C=O) groups is 1. The smallest absolute Gasteiger partial charge is 0.325 e. The molecule has 0 saturated carbocycles. The average Bonchev–Trinajstić information content (AvgIpc) is 2.80. The number of benzene rings is 1. The first-order valence-corrected chi connectivity index (χ1v) is 6.62. The highest BCUT2D eigenvalue weighted by molar-refractivity contribution is 5.87. The number of nitrogens with zero attached hydrogens (tertiary/aromatic N) is 1.